The van der Waals surface area contributed by atoms with Gasteiger partial charge in [-0.05, 0) is 44.9 Å². The van der Waals surface area contributed by atoms with Crippen molar-refractivity contribution in [2.24, 2.45) is 0 Å². The number of hydrogen-bond donors (Lipinski definition) is 1. The molecule has 2 atom stereocenters. The van der Waals surface area contributed by atoms with E-state index in [-0.39, 0.29) is 29.7 Å². The first kappa shape index (κ1) is 17.5. The molecule has 1 aliphatic heterocycles. The van der Waals surface area contributed by atoms with E-state index in [1.807, 2.05) is 13.8 Å². The minimum absolute atomic E-state index is 0.203. The van der Waals surface area contributed by atoms with E-state index in [2.05, 4.69) is 15.4 Å². The number of hydrogen-bond acceptors (Lipinski definition) is 4. The predicted octanol–water partition coefficient (Wildman–Crippen LogP) is 3.22. The molecule has 0 aliphatic carbocycles. The zero-order valence-electron chi connectivity index (χ0n) is 14.4. The Labute approximate surface area is 145 Å². The lowest BCUT2D eigenvalue weighted by atomic mass is 9.99. The van der Waals surface area contributed by atoms with Crippen LogP contribution in [0.5, 0.6) is 0 Å². The first-order valence-corrected chi connectivity index (χ1v) is 8.31. The summed E-state index contributed by atoms with van der Waals surface area (Å²) in [6.45, 7) is 6.55. The van der Waals surface area contributed by atoms with Crippen LogP contribution < -0.4 is 5.32 Å². The Balaban J connectivity index is 1.86. The van der Waals surface area contributed by atoms with Gasteiger partial charge in [-0.15, -0.1) is 0 Å². The molecular formula is C18H21F2N3O2. The summed E-state index contributed by atoms with van der Waals surface area (Å²) in [6.07, 6.45) is 0.713. The van der Waals surface area contributed by atoms with E-state index < -0.39 is 11.6 Å². The average molecular weight is 349 g/mol. The summed E-state index contributed by atoms with van der Waals surface area (Å²) in [5, 5.41) is 6.68. The number of nitrogens with one attached hydrogen (secondary N) is 1. The highest BCUT2D eigenvalue weighted by atomic mass is 19.2. The van der Waals surface area contributed by atoms with Crippen molar-refractivity contribution in [1.29, 1.82) is 0 Å². The summed E-state index contributed by atoms with van der Waals surface area (Å²) in [4.78, 5) is 14.6. The van der Waals surface area contributed by atoms with E-state index in [0.717, 1.165) is 12.6 Å². The predicted molar refractivity (Wildman–Crippen MR) is 88.1 cm³/mol. The Bertz CT molecular complexity index is 775. The van der Waals surface area contributed by atoms with Gasteiger partial charge in [0.2, 0.25) is 0 Å². The third kappa shape index (κ3) is 3.56. The molecule has 1 N–H and O–H groups in total. The lowest BCUT2D eigenvalue weighted by Crippen LogP contribution is -2.41. The molecule has 0 unspecified atom stereocenters. The Morgan fingerprint density at radius 3 is 2.68 bits per heavy atom. The van der Waals surface area contributed by atoms with Crippen molar-refractivity contribution in [3.63, 3.8) is 0 Å². The first-order chi connectivity index (χ1) is 11.9. The van der Waals surface area contributed by atoms with Gasteiger partial charge < -0.3 is 9.84 Å². The molecule has 0 spiro atoms. The van der Waals surface area contributed by atoms with Crippen molar-refractivity contribution in [3.8, 4) is 0 Å². The molecule has 3 rings (SSSR count). The topological polar surface area (TPSA) is 58.4 Å². The van der Waals surface area contributed by atoms with Crippen molar-refractivity contribution in [2.75, 3.05) is 6.54 Å². The van der Waals surface area contributed by atoms with Gasteiger partial charge in [-0.1, -0.05) is 11.2 Å². The van der Waals surface area contributed by atoms with Crippen molar-refractivity contribution in [1.82, 2.24) is 15.4 Å². The van der Waals surface area contributed by atoms with Crippen LogP contribution in [0.25, 0.3) is 0 Å². The van der Waals surface area contributed by atoms with Gasteiger partial charge in [0.25, 0.3) is 5.91 Å². The van der Waals surface area contributed by atoms with Gasteiger partial charge in [0, 0.05) is 18.7 Å². The van der Waals surface area contributed by atoms with Gasteiger partial charge in [0.05, 0.1) is 12.1 Å². The van der Waals surface area contributed by atoms with Crippen LogP contribution in [0, 0.1) is 18.6 Å². The maximum atomic E-state index is 13.7. The molecule has 0 radical (unpaired) electrons. The number of likely N-dealkylation sites (tertiary alicyclic amines) is 1. The summed E-state index contributed by atoms with van der Waals surface area (Å²) >= 11 is 0. The maximum Gasteiger partial charge on any atom is 0.273 e. The summed E-state index contributed by atoms with van der Waals surface area (Å²) < 4.78 is 31.9. The number of carbonyl (C=O) groups excluding carboxylic acids is 1. The second-order valence-corrected chi connectivity index (χ2v) is 6.64. The van der Waals surface area contributed by atoms with Gasteiger partial charge in [-0.25, -0.2) is 8.78 Å². The maximum absolute atomic E-state index is 13.7. The minimum Gasteiger partial charge on any atom is -0.361 e. The van der Waals surface area contributed by atoms with E-state index in [1.165, 1.54) is 6.07 Å². The normalized spacial score (nSPS) is 21.0. The highest BCUT2D eigenvalue weighted by Crippen LogP contribution is 2.34. The van der Waals surface area contributed by atoms with Crippen LogP contribution in [0.1, 0.15) is 48.1 Å². The van der Waals surface area contributed by atoms with Crippen molar-refractivity contribution < 1.29 is 18.1 Å². The monoisotopic (exact) mass is 349 g/mol. The van der Waals surface area contributed by atoms with Crippen LogP contribution in [0.4, 0.5) is 8.78 Å². The number of aryl methyl sites for hydroxylation is 1. The van der Waals surface area contributed by atoms with E-state index in [1.54, 1.807) is 19.1 Å². The second kappa shape index (κ2) is 6.92. The minimum atomic E-state index is -0.884. The zero-order valence-corrected chi connectivity index (χ0v) is 14.4. The third-order valence-corrected chi connectivity index (χ3v) is 4.56. The molecule has 134 valence electrons. The van der Waals surface area contributed by atoms with Gasteiger partial charge in [0.15, 0.2) is 17.3 Å². The number of aromatic nitrogens is 1. The molecule has 1 saturated heterocycles. The fourth-order valence-corrected chi connectivity index (χ4v) is 3.38. The highest BCUT2D eigenvalue weighted by Gasteiger charge is 2.38. The summed E-state index contributed by atoms with van der Waals surface area (Å²) in [7, 11) is 0. The number of halogens is 2. The van der Waals surface area contributed by atoms with E-state index >= 15 is 0 Å². The molecule has 1 aromatic carbocycles. The van der Waals surface area contributed by atoms with Gasteiger partial charge in [-0.2, -0.15) is 0 Å². The van der Waals surface area contributed by atoms with E-state index in [4.69, 9.17) is 4.52 Å². The Morgan fingerprint density at radius 1 is 1.32 bits per heavy atom. The lowest BCUT2D eigenvalue weighted by Gasteiger charge is -2.31. The average Bonchev–Trinajstić information content (AvgIpc) is 3.16. The third-order valence-electron chi connectivity index (χ3n) is 4.56. The molecule has 5 nitrogen and oxygen atoms in total. The lowest BCUT2D eigenvalue weighted by molar-refractivity contribution is 0.0910. The number of nitrogens with zero attached hydrogens (tertiary/aromatic N) is 2. The second-order valence-electron chi connectivity index (χ2n) is 6.64. The smallest absolute Gasteiger partial charge is 0.273 e. The Kier molecular flexibility index (Phi) is 4.85. The summed E-state index contributed by atoms with van der Waals surface area (Å²) in [5.41, 5.74) is 0.858. The van der Waals surface area contributed by atoms with Crippen LogP contribution >= 0.6 is 0 Å². The van der Waals surface area contributed by atoms with Crippen molar-refractivity contribution in [2.45, 2.75) is 45.3 Å². The largest absolute Gasteiger partial charge is 0.361 e. The number of rotatable bonds is 4. The quantitative estimate of drug-likeness (QED) is 0.921. The molecule has 0 bridgehead atoms. The molecule has 1 aromatic heterocycles. The number of amides is 1. The van der Waals surface area contributed by atoms with Gasteiger partial charge in [0.1, 0.15) is 5.76 Å². The number of benzene rings is 1. The van der Waals surface area contributed by atoms with Crippen LogP contribution in [-0.4, -0.2) is 34.6 Å². The van der Waals surface area contributed by atoms with Gasteiger partial charge >= 0.3 is 0 Å². The molecule has 0 saturated carbocycles. The fraction of sp³-hybridized carbons (Fsp3) is 0.444. The molecule has 2 aromatic rings. The van der Waals surface area contributed by atoms with E-state index in [9.17, 15) is 13.6 Å². The van der Waals surface area contributed by atoms with Gasteiger partial charge in [-0.3, -0.25) is 9.69 Å². The fourth-order valence-electron chi connectivity index (χ4n) is 3.38. The van der Waals surface area contributed by atoms with Crippen LogP contribution in [0.15, 0.2) is 28.8 Å². The molecule has 7 heteroatoms. The Hall–Kier alpha value is -2.28. The van der Waals surface area contributed by atoms with E-state index in [0.29, 0.717) is 17.7 Å². The molecule has 2 heterocycles. The standard InChI is InChI=1S/C18H21F2N3O2/c1-10(2)23-7-6-15(21-18(24)16-8-11(3)25-22-16)17(23)12-4-5-13(19)14(20)9-12/h4-5,8-10,15,17H,6-7H2,1-3H3,(H,21,24)/t15-,17+/m0/s1. The van der Waals surface area contributed by atoms with Crippen molar-refractivity contribution >= 4 is 5.91 Å². The molecule has 1 aliphatic rings. The van der Waals surface area contributed by atoms with Crippen molar-refractivity contribution in [3.05, 3.63) is 52.9 Å². The highest BCUT2D eigenvalue weighted by molar-refractivity contribution is 5.92. The molecular weight excluding hydrogens is 328 g/mol. The summed E-state index contributed by atoms with van der Waals surface area (Å²) in [6, 6.07) is 5.22. The Morgan fingerprint density at radius 2 is 2.08 bits per heavy atom. The molecule has 1 amide bonds. The number of carbonyl (C=O) groups is 1. The zero-order chi connectivity index (χ0) is 18.1. The molecule has 25 heavy (non-hydrogen) atoms. The van der Waals surface area contributed by atoms with Crippen LogP contribution in [0.2, 0.25) is 0 Å². The SMILES string of the molecule is Cc1cc(C(=O)N[C@H]2CCN(C(C)C)[C@@H]2c2ccc(F)c(F)c2)no1. The van der Waals surface area contributed by atoms with Crippen LogP contribution in [-0.2, 0) is 0 Å². The summed E-state index contributed by atoms with van der Waals surface area (Å²) in [5.74, 6) is -1.54. The molecule has 1 fully saturated rings. The first-order valence-electron chi connectivity index (χ1n) is 8.31. The van der Waals surface area contributed by atoms with Crippen LogP contribution in [0.3, 0.4) is 0 Å².